The number of hydrogen-bond acceptors (Lipinski definition) is 8. The van der Waals surface area contributed by atoms with Gasteiger partial charge in [0.2, 0.25) is 0 Å². The molecule has 3 aromatic rings. The zero-order valence-corrected chi connectivity index (χ0v) is 23.3. The van der Waals surface area contributed by atoms with E-state index >= 15 is 0 Å². The highest BCUT2D eigenvalue weighted by Crippen LogP contribution is 2.32. The smallest absolute Gasteiger partial charge is 0.358 e. The van der Waals surface area contributed by atoms with E-state index in [-0.39, 0.29) is 29.2 Å². The molecule has 5 atom stereocenters. The summed E-state index contributed by atoms with van der Waals surface area (Å²) in [6.45, 7) is 2.28. The maximum atomic E-state index is 13.0. The first kappa shape index (κ1) is 27.8. The van der Waals surface area contributed by atoms with Gasteiger partial charge in [-0.1, -0.05) is 71.2 Å². The van der Waals surface area contributed by atoms with Crippen LogP contribution in [0.15, 0.2) is 72.8 Å². The van der Waals surface area contributed by atoms with E-state index in [0.717, 1.165) is 11.1 Å². The van der Waals surface area contributed by atoms with Crippen molar-refractivity contribution in [3.8, 4) is 5.75 Å². The van der Waals surface area contributed by atoms with Crippen LogP contribution in [-0.2, 0) is 30.1 Å². The largest absolute Gasteiger partial charge is 0.452 e. The van der Waals surface area contributed by atoms with E-state index < -0.39 is 36.7 Å². The molecule has 2 fully saturated rings. The van der Waals surface area contributed by atoms with E-state index in [2.05, 4.69) is 0 Å². The molecule has 39 heavy (non-hydrogen) atoms. The minimum atomic E-state index is -0.835. The molecule has 0 bridgehead atoms. The van der Waals surface area contributed by atoms with Crippen LogP contribution in [0.2, 0.25) is 10.0 Å². The van der Waals surface area contributed by atoms with Gasteiger partial charge in [-0.2, -0.15) is 0 Å². The summed E-state index contributed by atoms with van der Waals surface area (Å²) in [7, 11) is 0. The van der Waals surface area contributed by atoms with Crippen LogP contribution in [0.5, 0.6) is 5.75 Å². The van der Waals surface area contributed by atoms with Crippen LogP contribution < -0.4 is 4.74 Å². The Labute approximate surface area is 241 Å². The Morgan fingerprint density at radius 1 is 0.974 bits per heavy atom. The normalized spacial score (nSPS) is 24.3. The average Bonchev–Trinajstić information content (AvgIpc) is 2.92. The lowest BCUT2D eigenvalue weighted by Crippen LogP contribution is -2.61. The Morgan fingerprint density at radius 3 is 2.49 bits per heavy atom. The fraction of sp³-hybridized carbons (Fsp3) is 0.310. The van der Waals surface area contributed by atoms with E-state index in [0.29, 0.717) is 17.0 Å². The third-order valence-corrected chi connectivity index (χ3v) is 7.11. The summed E-state index contributed by atoms with van der Waals surface area (Å²) in [4.78, 5) is 13.0. The summed E-state index contributed by atoms with van der Waals surface area (Å²) in [5, 5.41) is 0.511. The van der Waals surface area contributed by atoms with Gasteiger partial charge in [-0.25, -0.2) is 4.79 Å². The molecule has 0 amide bonds. The van der Waals surface area contributed by atoms with E-state index in [9.17, 15) is 4.79 Å². The zero-order valence-electron chi connectivity index (χ0n) is 21.0. The molecule has 7 nitrogen and oxygen atoms in total. The fourth-order valence-corrected chi connectivity index (χ4v) is 5.04. The van der Waals surface area contributed by atoms with Crippen molar-refractivity contribution in [2.75, 3.05) is 13.2 Å². The van der Waals surface area contributed by atoms with E-state index in [1.54, 1.807) is 24.3 Å². The molecule has 0 N–H and O–H groups in total. The highest BCUT2D eigenvalue weighted by molar-refractivity contribution is 7.79. The van der Waals surface area contributed by atoms with Crippen molar-refractivity contribution in [1.29, 1.82) is 0 Å². The van der Waals surface area contributed by atoms with E-state index in [1.807, 2.05) is 49.4 Å². The number of carbonyl (C=O) groups is 1. The topological polar surface area (TPSA) is 72.5 Å². The molecule has 2 aliphatic heterocycles. The monoisotopic (exact) mass is 588 g/mol. The van der Waals surface area contributed by atoms with Gasteiger partial charge < -0.3 is 28.4 Å². The number of ether oxygens (including phenoxy) is 6. The summed E-state index contributed by atoms with van der Waals surface area (Å²) in [6.07, 6.45) is -2.82. The first-order chi connectivity index (χ1) is 18.9. The molecular weight excluding hydrogens is 563 g/mol. The summed E-state index contributed by atoms with van der Waals surface area (Å²) in [6, 6.07) is 21.7. The van der Waals surface area contributed by atoms with Crippen molar-refractivity contribution in [1.82, 2.24) is 0 Å². The molecular formula is C29H26Cl2O7S. The molecule has 0 spiro atoms. The molecule has 5 rings (SSSR count). The summed E-state index contributed by atoms with van der Waals surface area (Å²) in [5.74, 6) is -0.242. The maximum Gasteiger partial charge on any atom is 0.358 e. The highest BCUT2D eigenvalue weighted by Gasteiger charge is 2.49. The number of benzene rings is 3. The average molecular weight is 589 g/mol. The quantitative estimate of drug-likeness (QED) is 0.258. The first-order valence-corrected chi connectivity index (χ1v) is 13.6. The van der Waals surface area contributed by atoms with Crippen LogP contribution in [0.25, 0.3) is 0 Å². The van der Waals surface area contributed by atoms with Crippen LogP contribution in [0.1, 0.15) is 21.5 Å². The fourth-order valence-electron chi connectivity index (χ4n) is 4.39. The summed E-state index contributed by atoms with van der Waals surface area (Å²) in [5.41, 5.74) is 2.48. The van der Waals surface area contributed by atoms with Gasteiger partial charge in [0.15, 0.2) is 24.2 Å². The summed E-state index contributed by atoms with van der Waals surface area (Å²) < 4.78 is 35.9. The molecule has 0 saturated carbocycles. The van der Waals surface area contributed by atoms with Crippen molar-refractivity contribution in [3.63, 3.8) is 0 Å². The second kappa shape index (κ2) is 12.6. The minimum absolute atomic E-state index is 0.0593. The third kappa shape index (κ3) is 7.08. The Balaban J connectivity index is 1.35. The molecule has 2 aliphatic rings. The number of halogens is 2. The molecule has 2 saturated heterocycles. The minimum Gasteiger partial charge on any atom is -0.452 e. The van der Waals surface area contributed by atoms with Crippen molar-refractivity contribution in [2.45, 2.75) is 44.1 Å². The lowest BCUT2D eigenvalue weighted by Gasteiger charge is -2.45. The number of fused-ring (bicyclic) bond motifs is 1. The Bertz CT molecular complexity index is 1300. The van der Waals surface area contributed by atoms with Gasteiger partial charge in [-0.3, -0.25) is 0 Å². The van der Waals surface area contributed by atoms with Crippen molar-refractivity contribution in [3.05, 3.63) is 99.5 Å². The van der Waals surface area contributed by atoms with E-state index in [1.165, 1.54) is 6.07 Å². The summed E-state index contributed by atoms with van der Waals surface area (Å²) >= 11 is 17.6. The van der Waals surface area contributed by atoms with Crippen molar-refractivity contribution in [2.24, 2.45) is 0 Å². The predicted octanol–water partition coefficient (Wildman–Crippen LogP) is 5.96. The van der Waals surface area contributed by atoms with Gasteiger partial charge in [0.25, 0.3) is 0 Å². The number of thiocarbonyl (C=S) groups is 1. The van der Waals surface area contributed by atoms with Crippen molar-refractivity contribution < 1.29 is 33.2 Å². The standard InChI is InChI=1S/C29H26Cl2O7S/c1-17-7-9-19(10-8-17)28(32)35-24-16-33-23-15-34-25(13-18-5-3-2-4-6-18)37-26(23)27(24)38-29(39)36-22-12-11-20(30)14-21(22)31/h2-12,14,23-27H,13,15-16H2,1H3/t23-,24-,25-,26+,27+/m0/s1. The molecule has 3 aromatic carbocycles. The predicted molar refractivity (Wildman–Crippen MR) is 149 cm³/mol. The van der Waals surface area contributed by atoms with Crippen LogP contribution in [-0.4, -0.2) is 55.1 Å². The zero-order chi connectivity index (χ0) is 27.4. The Morgan fingerprint density at radius 2 is 1.74 bits per heavy atom. The molecule has 2 heterocycles. The number of rotatable bonds is 6. The van der Waals surface area contributed by atoms with Gasteiger partial charge in [0, 0.05) is 23.7 Å². The van der Waals surface area contributed by atoms with Gasteiger partial charge in [0.05, 0.1) is 23.8 Å². The highest BCUT2D eigenvalue weighted by atomic mass is 35.5. The number of aryl methyl sites for hydroxylation is 1. The second-order valence-electron chi connectivity index (χ2n) is 9.24. The molecule has 0 aliphatic carbocycles. The second-order valence-corrected chi connectivity index (χ2v) is 10.4. The van der Waals surface area contributed by atoms with Crippen LogP contribution in [0, 0.1) is 6.92 Å². The first-order valence-electron chi connectivity index (χ1n) is 12.4. The number of esters is 1. The van der Waals surface area contributed by atoms with Gasteiger partial charge in [-0.15, -0.1) is 0 Å². The molecule has 0 unspecified atom stereocenters. The lowest BCUT2D eigenvalue weighted by molar-refractivity contribution is -0.307. The number of carbonyl (C=O) groups excluding carboxylic acids is 1. The number of hydrogen-bond donors (Lipinski definition) is 0. The SMILES string of the molecule is Cc1ccc(C(=O)O[C@H]2CO[C@H]3CO[C@H](Cc4ccccc4)O[C@H]3[C@@H]2OC(=S)Oc2ccc(Cl)cc2Cl)cc1. The lowest BCUT2D eigenvalue weighted by atomic mass is 9.98. The van der Waals surface area contributed by atoms with E-state index in [4.69, 9.17) is 63.8 Å². The van der Waals surface area contributed by atoms with Gasteiger partial charge in [-0.05, 0) is 42.8 Å². The third-order valence-electron chi connectivity index (χ3n) is 6.40. The molecule has 204 valence electrons. The molecule has 0 aromatic heterocycles. The molecule has 0 radical (unpaired) electrons. The van der Waals surface area contributed by atoms with Gasteiger partial charge >= 0.3 is 11.2 Å². The van der Waals surface area contributed by atoms with Crippen LogP contribution in [0.3, 0.4) is 0 Å². The Kier molecular flexibility index (Phi) is 9.02. The van der Waals surface area contributed by atoms with Crippen molar-refractivity contribution >= 4 is 46.6 Å². The van der Waals surface area contributed by atoms with Crippen LogP contribution >= 0.6 is 35.4 Å². The Hall–Kier alpha value is -2.72. The molecule has 10 heteroatoms. The van der Waals surface area contributed by atoms with Crippen LogP contribution in [0.4, 0.5) is 0 Å². The van der Waals surface area contributed by atoms with Gasteiger partial charge in [0.1, 0.15) is 12.2 Å². The maximum absolute atomic E-state index is 13.0.